The number of ether oxygens (including phenoxy) is 4. The molecule has 3 aromatic carbocycles. The molecule has 324 valence electrons. The molecule has 12 nitrogen and oxygen atoms in total. The van der Waals surface area contributed by atoms with Crippen molar-refractivity contribution in [2.24, 2.45) is 23.7 Å². The van der Waals surface area contributed by atoms with Gasteiger partial charge in [-0.1, -0.05) is 72.8 Å². The second-order valence-electron chi connectivity index (χ2n) is 17.8. The van der Waals surface area contributed by atoms with Crippen LogP contribution in [0.25, 0.3) is 0 Å². The number of esters is 2. The van der Waals surface area contributed by atoms with Crippen LogP contribution in [0.3, 0.4) is 0 Å². The van der Waals surface area contributed by atoms with Crippen LogP contribution in [0.5, 0.6) is 0 Å². The molecule has 8 rings (SSSR count). The monoisotopic (exact) mass is 832 g/mol. The van der Waals surface area contributed by atoms with Crippen molar-refractivity contribution in [3.05, 3.63) is 134 Å². The summed E-state index contributed by atoms with van der Waals surface area (Å²) in [6, 6.07) is 27.2. The Morgan fingerprint density at radius 3 is 1.56 bits per heavy atom. The van der Waals surface area contributed by atoms with Crippen LogP contribution in [0.4, 0.5) is 5.69 Å². The van der Waals surface area contributed by atoms with Gasteiger partial charge in [0.05, 0.1) is 34.2 Å². The minimum absolute atomic E-state index is 0.0947. The molecule has 0 bridgehead atoms. The molecule has 3 aromatic rings. The lowest BCUT2D eigenvalue weighted by molar-refractivity contribution is -0.384. The second-order valence-corrected chi connectivity index (χ2v) is 17.8. The second kappa shape index (κ2) is 19.0. The topological polar surface area (TPSA) is 133 Å². The van der Waals surface area contributed by atoms with Gasteiger partial charge in [-0.15, -0.1) is 0 Å². The Bertz CT molecular complexity index is 1970. The molecular formula is C49H60N4O8. The van der Waals surface area contributed by atoms with Crippen molar-refractivity contribution in [2.75, 3.05) is 26.2 Å². The molecule has 12 heteroatoms. The highest BCUT2D eigenvalue weighted by Gasteiger charge is 2.45. The Morgan fingerprint density at radius 1 is 0.689 bits per heavy atom. The van der Waals surface area contributed by atoms with E-state index in [2.05, 4.69) is 77.5 Å². The summed E-state index contributed by atoms with van der Waals surface area (Å²) in [7, 11) is 0. The van der Waals surface area contributed by atoms with Crippen LogP contribution in [0, 0.1) is 33.8 Å². The molecule has 61 heavy (non-hydrogen) atoms. The van der Waals surface area contributed by atoms with Crippen LogP contribution in [-0.4, -0.2) is 77.6 Å². The van der Waals surface area contributed by atoms with Crippen molar-refractivity contribution in [1.82, 2.24) is 15.1 Å². The maximum absolute atomic E-state index is 14.4. The summed E-state index contributed by atoms with van der Waals surface area (Å²) < 4.78 is 25.0. The number of dihydropyridines is 1. The molecule has 6 unspecified atom stereocenters. The number of nitro groups is 1. The summed E-state index contributed by atoms with van der Waals surface area (Å²) in [5, 5.41) is 15.2. The number of hydrogen-bond acceptors (Lipinski definition) is 11. The van der Waals surface area contributed by atoms with Gasteiger partial charge in [-0.05, 0) is 120 Å². The van der Waals surface area contributed by atoms with Crippen LogP contribution in [0.1, 0.15) is 88.8 Å². The summed E-state index contributed by atoms with van der Waals surface area (Å²) in [6.07, 6.45) is 3.61. The van der Waals surface area contributed by atoms with E-state index in [1.54, 1.807) is 26.0 Å². The number of nitrogens with one attached hydrogen (secondary N) is 1. The van der Waals surface area contributed by atoms with E-state index in [1.807, 2.05) is 12.1 Å². The Kier molecular flexibility index (Phi) is 13.3. The molecule has 0 aliphatic carbocycles. The predicted octanol–water partition coefficient (Wildman–Crippen LogP) is 8.24. The third-order valence-electron chi connectivity index (χ3n) is 13.9. The van der Waals surface area contributed by atoms with E-state index < -0.39 is 35.4 Å². The molecule has 4 saturated heterocycles. The number of benzene rings is 3. The number of likely N-dealkylation sites (tertiary alicyclic amines) is 2. The fourth-order valence-electron chi connectivity index (χ4n) is 10.7. The lowest BCUT2D eigenvalue weighted by Crippen LogP contribution is -2.37. The number of nitro benzene ring substituents is 1. The SMILES string of the molecule is CC1=C(C(=O)OC2CC(C3CCN(Cc4ccccc4)CC3)C(C)O2)C(c2cccc([N+](=O)[O-])c2)C(C(=O)OC2CC(C3CCN(Cc4ccccc4)CC3)C(C)O2)=C(C)N1. The van der Waals surface area contributed by atoms with Gasteiger partial charge in [-0.2, -0.15) is 0 Å². The van der Waals surface area contributed by atoms with Crippen LogP contribution >= 0.6 is 0 Å². The van der Waals surface area contributed by atoms with Crippen molar-refractivity contribution in [3.8, 4) is 0 Å². The van der Waals surface area contributed by atoms with Crippen LogP contribution in [0.2, 0.25) is 0 Å². The van der Waals surface area contributed by atoms with Gasteiger partial charge in [0.15, 0.2) is 0 Å². The van der Waals surface area contributed by atoms with Gasteiger partial charge in [0.2, 0.25) is 12.6 Å². The minimum atomic E-state index is -0.992. The Balaban J connectivity index is 0.933. The first-order valence-electron chi connectivity index (χ1n) is 22.2. The lowest BCUT2D eigenvalue weighted by Gasteiger charge is -2.35. The smallest absolute Gasteiger partial charge is 0.339 e. The van der Waals surface area contributed by atoms with E-state index in [0.717, 1.165) is 65.0 Å². The lowest BCUT2D eigenvalue weighted by atomic mass is 9.80. The normalized spacial score (nSPS) is 28.2. The van der Waals surface area contributed by atoms with Gasteiger partial charge in [0, 0.05) is 49.5 Å². The number of allylic oxidation sites excluding steroid dienone is 2. The third kappa shape index (κ3) is 9.94. The number of piperidine rings is 2. The number of carbonyl (C=O) groups is 2. The van der Waals surface area contributed by atoms with Crippen molar-refractivity contribution in [2.45, 2.75) is 110 Å². The zero-order valence-electron chi connectivity index (χ0n) is 35.9. The molecule has 1 N–H and O–H groups in total. The first-order valence-corrected chi connectivity index (χ1v) is 22.2. The van der Waals surface area contributed by atoms with E-state index in [0.29, 0.717) is 41.6 Å². The predicted molar refractivity (Wildman–Crippen MR) is 230 cm³/mol. The number of nitrogens with zero attached hydrogens (tertiary/aromatic N) is 3. The Labute approximate surface area is 359 Å². The number of non-ortho nitro benzene ring substituents is 1. The molecule has 5 aliphatic heterocycles. The highest BCUT2D eigenvalue weighted by Crippen LogP contribution is 2.44. The molecule has 4 fully saturated rings. The van der Waals surface area contributed by atoms with Crippen LogP contribution in [0.15, 0.2) is 107 Å². The molecule has 0 radical (unpaired) electrons. The zero-order chi connectivity index (χ0) is 42.6. The fraction of sp³-hybridized carbons (Fsp3) is 0.510. The van der Waals surface area contributed by atoms with Gasteiger partial charge in [-0.25, -0.2) is 9.59 Å². The van der Waals surface area contributed by atoms with Gasteiger partial charge in [0.1, 0.15) is 0 Å². The van der Waals surface area contributed by atoms with Gasteiger partial charge < -0.3 is 24.3 Å². The molecule has 6 atom stereocenters. The van der Waals surface area contributed by atoms with Crippen molar-refractivity contribution < 1.29 is 33.5 Å². The Morgan fingerprint density at radius 2 is 1.13 bits per heavy atom. The maximum Gasteiger partial charge on any atom is 0.339 e. The average molecular weight is 833 g/mol. The molecule has 5 aliphatic rings. The molecule has 0 amide bonds. The third-order valence-corrected chi connectivity index (χ3v) is 13.9. The molecule has 5 heterocycles. The number of carbonyl (C=O) groups excluding carboxylic acids is 2. The van der Waals surface area contributed by atoms with Crippen molar-refractivity contribution in [1.29, 1.82) is 0 Å². The van der Waals surface area contributed by atoms with Crippen molar-refractivity contribution >= 4 is 17.6 Å². The van der Waals surface area contributed by atoms with Gasteiger partial charge >= 0.3 is 11.9 Å². The fourth-order valence-corrected chi connectivity index (χ4v) is 10.7. The first kappa shape index (κ1) is 42.8. The summed E-state index contributed by atoms with van der Waals surface area (Å²) in [5.74, 6) is -0.918. The maximum atomic E-state index is 14.4. The zero-order valence-corrected chi connectivity index (χ0v) is 35.9. The quantitative estimate of drug-likeness (QED) is 0.108. The summed E-state index contributed by atoms with van der Waals surface area (Å²) in [6.45, 7) is 13.5. The van der Waals surface area contributed by atoms with Crippen LogP contribution in [-0.2, 0) is 41.6 Å². The highest BCUT2D eigenvalue weighted by atomic mass is 16.7. The van der Waals surface area contributed by atoms with E-state index in [4.69, 9.17) is 18.9 Å². The minimum Gasteiger partial charge on any atom is -0.432 e. The van der Waals surface area contributed by atoms with Gasteiger partial charge in [0.25, 0.3) is 5.69 Å². The van der Waals surface area contributed by atoms with E-state index in [-0.39, 0.29) is 40.9 Å². The molecule has 0 spiro atoms. The van der Waals surface area contributed by atoms with E-state index >= 15 is 0 Å². The van der Waals surface area contributed by atoms with Gasteiger partial charge in [-0.3, -0.25) is 19.9 Å². The molecule has 0 saturated carbocycles. The summed E-state index contributed by atoms with van der Waals surface area (Å²) >= 11 is 0. The summed E-state index contributed by atoms with van der Waals surface area (Å²) in [5.41, 5.74) is 4.25. The number of rotatable bonds is 12. The standard InChI is InChI=1S/C49H60N4O8/c1-31-45(48(54)60-43-27-41(33(3)58-43)37-18-22-51(23-19-37)29-35-12-7-5-8-13-35)47(39-16-11-17-40(26-39)53(56)57)46(32(2)50-31)49(55)61-44-28-42(34(4)59-44)38-20-24-52(25-21-38)30-36-14-9-6-10-15-36/h5-17,26,33-34,37-38,41-44,47,50H,18-25,27-30H2,1-4H3. The Hall–Kier alpha value is -4.88. The van der Waals surface area contributed by atoms with E-state index in [1.165, 1.54) is 23.3 Å². The largest absolute Gasteiger partial charge is 0.432 e. The van der Waals surface area contributed by atoms with E-state index in [9.17, 15) is 19.7 Å². The van der Waals surface area contributed by atoms with Crippen molar-refractivity contribution in [3.63, 3.8) is 0 Å². The first-order chi connectivity index (χ1) is 29.5. The molecular weight excluding hydrogens is 773 g/mol. The highest BCUT2D eigenvalue weighted by molar-refractivity contribution is 6.00. The summed E-state index contributed by atoms with van der Waals surface area (Å²) in [4.78, 5) is 45.4. The average Bonchev–Trinajstić information content (AvgIpc) is 3.81. The number of hydrogen-bond donors (Lipinski definition) is 1. The molecule has 0 aromatic heterocycles. The van der Waals surface area contributed by atoms with Crippen LogP contribution < -0.4 is 5.32 Å².